The standard InChI is InChI=1S/C32H62NP/c1-4-7-10-13-16-22-29-34(30-23-17-14-11-8-5-2,31-24-18-15-12-9-6-3)33-28-27-32-25-20-19-21-26-32/h19-21,25-26,33-34H,4-18,22-24,27-31H2,1-3H3. The Hall–Kier alpha value is -0.390. The van der Waals surface area contributed by atoms with Crippen LogP contribution in [0.5, 0.6) is 0 Å². The van der Waals surface area contributed by atoms with Gasteiger partial charge in [0.25, 0.3) is 0 Å². The van der Waals surface area contributed by atoms with Crippen molar-refractivity contribution in [1.29, 1.82) is 0 Å². The predicted octanol–water partition coefficient (Wildman–Crippen LogP) is 10.6. The predicted molar refractivity (Wildman–Crippen MR) is 161 cm³/mol. The van der Waals surface area contributed by atoms with E-state index < -0.39 is 7.41 Å². The molecule has 0 radical (unpaired) electrons. The molecule has 1 nitrogen and oxygen atoms in total. The van der Waals surface area contributed by atoms with Gasteiger partial charge in [-0.05, 0) is 0 Å². The van der Waals surface area contributed by atoms with Crippen LogP contribution in [0.15, 0.2) is 30.3 Å². The van der Waals surface area contributed by atoms with Crippen molar-refractivity contribution in [3.8, 4) is 0 Å². The minimum atomic E-state index is -1.40. The van der Waals surface area contributed by atoms with E-state index in [1.807, 2.05) is 0 Å². The average Bonchev–Trinajstić information content (AvgIpc) is 2.86. The van der Waals surface area contributed by atoms with Crippen LogP contribution >= 0.6 is 7.41 Å². The van der Waals surface area contributed by atoms with Gasteiger partial charge in [0.15, 0.2) is 0 Å². The summed E-state index contributed by atoms with van der Waals surface area (Å²) in [7, 11) is -1.40. The van der Waals surface area contributed by atoms with E-state index in [9.17, 15) is 0 Å². The molecule has 0 aromatic heterocycles. The summed E-state index contributed by atoms with van der Waals surface area (Å²) in [5, 5.41) is 4.33. The first-order chi connectivity index (χ1) is 16.8. The third-order valence-electron chi connectivity index (χ3n) is 7.78. The van der Waals surface area contributed by atoms with Gasteiger partial charge in [-0.3, -0.25) is 0 Å². The van der Waals surface area contributed by atoms with Gasteiger partial charge in [-0.1, -0.05) is 0 Å². The van der Waals surface area contributed by atoms with Gasteiger partial charge in [0.1, 0.15) is 0 Å². The molecule has 1 N–H and O–H groups in total. The van der Waals surface area contributed by atoms with Gasteiger partial charge in [0, 0.05) is 0 Å². The molecular formula is C32H62NP. The Morgan fingerprint density at radius 2 is 0.882 bits per heavy atom. The van der Waals surface area contributed by atoms with Crippen LogP contribution in [0.25, 0.3) is 0 Å². The van der Waals surface area contributed by atoms with E-state index >= 15 is 0 Å². The van der Waals surface area contributed by atoms with Gasteiger partial charge in [-0.2, -0.15) is 0 Å². The van der Waals surface area contributed by atoms with Crippen molar-refractivity contribution >= 4 is 7.41 Å². The average molecular weight is 492 g/mol. The second-order valence-corrected chi connectivity index (χ2v) is 15.4. The molecule has 1 rings (SSSR count). The summed E-state index contributed by atoms with van der Waals surface area (Å²) in [6, 6.07) is 11.2. The zero-order chi connectivity index (χ0) is 24.6. The molecule has 0 saturated heterocycles. The quantitative estimate of drug-likeness (QED) is 0.106. The van der Waals surface area contributed by atoms with Crippen molar-refractivity contribution < 1.29 is 0 Å². The molecule has 0 unspecified atom stereocenters. The van der Waals surface area contributed by atoms with Crippen LogP contribution in [0.2, 0.25) is 0 Å². The Bertz CT molecular complexity index is 488. The first kappa shape index (κ1) is 31.6. The van der Waals surface area contributed by atoms with Gasteiger partial charge in [-0.15, -0.1) is 0 Å². The summed E-state index contributed by atoms with van der Waals surface area (Å²) < 4.78 is 0. The SMILES string of the molecule is CCCCCCCC[PH](CCCCCCCC)(CCCCCCCC)NCCc1ccccc1. The summed E-state index contributed by atoms with van der Waals surface area (Å²) in [5.41, 5.74) is 1.50. The number of benzene rings is 1. The van der Waals surface area contributed by atoms with Crippen molar-refractivity contribution in [2.24, 2.45) is 0 Å². The van der Waals surface area contributed by atoms with E-state index in [4.69, 9.17) is 0 Å². The number of unbranched alkanes of at least 4 members (excludes halogenated alkanes) is 15. The Morgan fingerprint density at radius 1 is 0.500 bits per heavy atom. The molecule has 34 heavy (non-hydrogen) atoms. The summed E-state index contributed by atoms with van der Waals surface area (Å²) >= 11 is 0. The molecule has 0 aliphatic carbocycles. The molecule has 0 fully saturated rings. The molecule has 0 atom stereocenters. The van der Waals surface area contributed by atoms with Gasteiger partial charge in [-0.25, -0.2) is 0 Å². The van der Waals surface area contributed by atoms with E-state index in [0.29, 0.717) is 0 Å². The zero-order valence-electron chi connectivity index (χ0n) is 23.7. The molecule has 0 saturated carbocycles. The Kier molecular flexibility index (Phi) is 21.4. The van der Waals surface area contributed by atoms with Crippen molar-refractivity contribution in [3.05, 3.63) is 35.9 Å². The molecular weight excluding hydrogens is 429 g/mol. The fourth-order valence-corrected chi connectivity index (χ4v) is 10.2. The van der Waals surface area contributed by atoms with Crippen molar-refractivity contribution in [2.45, 2.75) is 143 Å². The van der Waals surface area contributed by atoms with Gasteiger partial charge in [0.05, 0.1) is 0 Å². The molecule has 0 amide bonds. The number of hydrogen-bond donors (Lipinski definition) is 1. The maximum absolute atomic E-state index is 4.33. The third kappa shape index (κ3) is 17.1. The molecule has 0 bridgehead atoms. The fourth-order valence-electron chi connectivity index (χ4n) is 5.49. The minimum absolute atomic E-state index is 1.19. The molecule has 0 spiro atoms. The van der Waals surface area contributed by atoms with Crippen LogP contribution in [-0.4, -0.2) is 25.0 Å². The Morgan fingerprint density at radius 3 is 1.29 bits per heavy atom. The van der Waals surface area contributed by atoms with Crippen LogP contribution < -0.4 is 5.09 Å². The normalized spacial score (nSPS) is 12.3. The number of nitrogens with one attached hydrogen (secondary N) is 1. The molecule has 1 aromatic rings. The summed E-state index contributed by atoms with van der Waals surface area (Å²) in [6.07, 6.45) is 31.6. The molecule has 0 aliphatic heterocycles. The van der Waals surface area contributed by atoms with Gasteiger partial charge < -0.3 is 0 Å². The molecule has 0 heterocycles. The van der Waals surface area contributed by atoms with E-state index in [0.717, 1.165) is 0 Å². The summed E-state index contributed by atoms with van der Waals surface area (Å²) in [6.45, 7) is 8.18. The van der Waals surface area contributed by atoms with Gasteiger partial charge >= 0.3 is 216 Å². The van der Waals surface area contributed by atoms with Crippen LogP contribution in [0, 0.1) is 0 Å². The second-order valence-electron chi connectivity index (χ2n) is 11.0. The summed E-state index contributed by atoms with van der Waals surface area (Å²) in [5.74, 6) is 0. The van der Waals surface area contributed by atoms with Crippen LogP contribution in [-0.2, 0) is 6.42 Å². The third-order valence-corrected chi connectivity index (χ3v) is 12.7. The van der Waals surface area contributed by atoms with Crippen molar-refractivity contribution in [2.75, 3.05) is 25.0 Å². The number of hydrogen-bond acceptors (Lipinski definition) is 1. The topological polar surface area (TPSA) is 12.0 Å². The second kappa shape index (κ2) is 23.0. The molecule has 200 valence electrons. The van der Waals surface area contributed by atoms with Crippen LogP contribution in [0.4, 0.5) is 0 Å². The van der Waals surface area contributed by atoms with E-state index in [1.54, 1.807) is 0 Å². The van der Waals surface area contributed by atoms with Crippen molar-refractivity contribution in [3.63, 3.8) is 0 Å². The Labute approximate surface area is 216 Å². The van der Waals surface area contributed by atoms with Gasteiger partial charge in [0.2, 0.25) is 0 Å². The van der Waals surface area contributed by atoms with Crippen molar-refractivity contribution in [1.82, 2.24) is 5.09 Å². The molecule has 2 heteroatoms. The maximum atomic E-state index is 4.33. The van der Waals surface area contributed by atoms with E-state index in [2.05, 4.69) is 56.2 Å². The zero-order valence-corrected chi connectivity index (χ0v) is 24.7. The van der Waals surface area contributed by atoms with Crippen LogP contribution in [0.3, 0.4) is 0 Å². The molecule has 1 aromatic carbocycles. The monoisotopic (exact) mass is 491 g/mol. The van der Waals surface area contributed by atoms with Crippen LogP contribution in [0.1, 0.15) is 142 Å². The van der Waals surface area contributed by atoms with E-state index in [1.165, 1.54) is 153 Å². The number of rotatable bonds is 25. The first-order valence-corrected chi connectivity index (χ1v) is 18.2. The summed E-state index contributed by atoms with van der Waals surface area (Å²) in [4.78, 5) is 0. The fraction of sp³-hybridized carbons (Fsp3) is 0.812. The first-order valence-electron chi connectivity index (χ1n) is 15.5. The van der Waals surface area contributed by atoms with E-state index in [-0.39, 0.29) is 0 Å². The molecule has 0 aliphatic rings. The Balaban J connectivity index is 2.66.